The zero-order valence-corrected chi connectivity index (χ0v) is 22.7. The number of halogens is 1. The topological polar surface area (TPSA) is 156 Å². The summed E-state index contributed by atoms with van der Waals surface area (Å²) in [5.74, 6) is -0.748. The lowest BCUT2D eigenvalue weighted by Gasteiger charge is -2.41. The van der Waals surface area contributed by atoms with E-state index in [1.165, 1.54) is 18.2 Å². The summed E-state index contributed by atoms with van der Waals surface area (Å²) in [6.45, 7) is 2.46. The maximum atomic E-state index is 13.1. The predicted molar refractivity (Wildman–Crippen MR) is 145 cm³/mol. The van der Waals surface area contributed by atoms with Gasteiger partial charge in [-0.1, -0.05) is 41.9 Å². The quantitative estimate of drug-likeness (QED) is 0.303. The lowest BCUT2D eigenvalue weighted by molar-refractivity contribution is -0.218. The molecule has 3 aromatic carbocycles. The summed E-state index contributed by atoms with van der Waals surface area (Å²) in [5, 5.41) is 32.4. The maximum Gasteiger partial charge on any atom is 0.248 e. The molecule has 1 fully saturated rings. The first-order valence-corrected chi connectivity index (χ1v) is 14.4. The minimum Gasteiger partial charge on any atom is -0.494 e. The number of ether oxygens (including phenoxy) is 2. The van der Waals surface area contributed by atoms with Gasteiger partial charge in [-0.05, 0) is 66.4 Å². The molecule has 1 heterocycles. The van der Waals surface area contributed by atoms with Crippen molar-refractivity contribution in [2.75, 3.05) is 12.4 Å². The third-order valence-electron chi connectivity index (χ3n) is 6.60. The monoisotopic (exact) mass is 575 g/mol. The van der Waals surface area contributed by atoms with E-state index in [2.05, 4.69) is 0 Å². The van der Waals surface area contributed by atoms with Crippen LogP contribution in [-0.4, -0.2) is 66.4 Å². The Morgan fingerprint density at radius 3 is 2.38 bits per heavy atom. The second kappa shape index (κ2) is 12.0. The molecule has 3 aromatic rings. The fraction of sp³-hybridized carbons (Fsp3) is 0.321. The largest absolute Gasteiger partial charge is 0.494 e. The minimum atomic E-state index is -4.08. The number of sulfone groups is 1. The Hall–Kier alpha value is -2.99. The fourth-order valence-electron chi connectivity index (χ4n) is 4.52. The molecule has 208 valence electrons. The second-order valence-electron chi connectivity index (χ2n) is 9.34. The molecule has 0 radical (unpaired) electrons. The van der Waals surface area contributed by atoms with Gasteiger partial charge in [-0.25, -0.2) is 8.42 Å². The molecule has 0 spiro atoms. The first-order valence-electron chi connectivity index (χ1n) is 12.3. The van der Waals surface area contributed by atoms with Crippen LogP contribution in [0.2, 0.25) is 5.02 Å². The van der Waals surface area contributed by atoms with Crippen molar-refractivity contribution in [3.63, 3.8) is 0 Å². The van der Waals surface area contributed by atoms with Gasteiger partial charge in [0.05, 0.1) is 17.3 Å². The van der Waals surface area contributed by atoms with Gasteiger partial charge in [-0.15, -0.1) is 0 Å². The zero-order chi connectivity index (χ0) is 28.3. The Morgan fingerprint density at radius 1 is 1.00 bits per heavy atom. The van der Waals surface area contributed by atoms with Gasteiger partial charge >= 0.3 is 0 Å². The van der Waals surface area contributed by atoms with Crippen molar-refractivity contribution in [1.29, 1.82) is 0 Å². The molecule has 9 nitrogen and oxygen atoms in total. The molecular weight excluding hydrogens is 546 g/mol. The van der Waals surface area contributed by atoms with E-state index in [4.69, 9.17) is 26.8 Å². The maximum absolute atomic E-state index is 13.1. The van der Waals surface area contributed by atoms with E-state index in [0.29, 0.717) is 23.6 Å². The van der Waals surface area contributed by atoms with Crippen molar-refractivity contribution in [1.82, 2.24) is 0 Å². The van der Waals surface area contributed by atoms with Gasteiger partial charge in [0.25, 0.3) is 0 Å². The van der Waals surface area contributed by atoms with Gasteiger partial charge in [-0.2, -0.15) is 0 Å². The van der Waals surface area contributed by atoms with Crippen LogP contribution in [0.25, 0.3) is 0 Å². The van der Waals surface area contributed by atoms with Crippen molar-refractivity contribution >= 4 is 27.3 Å². The number of hydrogen-bond acceptors (Lipinski definition) is 8. The van der Waals surface area contributed by atoms with Crippen LogP contribution in [0, 0.1) is 0 Å². The number of rotatable bonds is 9. The molecule has 0 aliphatic carbocycles. The van der Waals surface area contributed by atoms with E-state index < -0.39 is 52.0 Å². The summed E-state index contributed by atoms with van der Waals surface area (Å²) in [4.78, 5) is 11.3. The Kier molecular flexibility index (Phi) is 8.95. The lowest BCUT2D eigenvalue weighted by atomic mass is 9.90. The highest BCUT2D eigenvalue weighted by atomic mass is 35.5. The summed E-state index contributed by atoms with van der Waals surface area (Å²) in [5.41, 5.74) is 7.41. The van der Waals surface area contributed by atoms with Crippen LogP contribution in [0.1, 0.15) is 40.1 Å². The number of primary amides is 1. The van der Waals surface area contributed by atoms with Crippen molar-refractivity contribution in [3.8, 4) is 5.75 Å². The van der Waals surface area contributed by atoms with Gasteiger partial charge in [-0.3, -0.25) is 4.79 Å². The summed E-state index contributed by atoms with van der Waals surface area (Å²) in [6.07, 6.45) is -6.94. The number of hydrogen-bond donors (Lipinski definition) is 4. The highest BCUT2D eigenvalue weighted by Gasteiger charge is 2.46. The highest BCUT2D eigenvalue weighted by molar-refractivity contribution is 7.91. The molecule has 39 heavy (non-hydrogen) atoms. The molecule has 1 aliphatic heterocycles. The molecule has 4 rings (SSSR count). The first kappa shape index (κ1) is 29.0. The Bertz CT molecular complexity index is 1430. The fourth-order valence-corrected chi connectivity index (χ4v) is 6.19. The molecule has 1 saturated heterocycles. The molecule has 0 unspecified atom stereocenters. The molecule has 0 aromatic heterocycles. The standard InChI is InChI=1S/C28H30ClNO8S/c1-2-37-20-9-6-16(7-10-20)12-19-13-17(8-11-22(19)29)27-26(33)25(32)24(31)23(38-27)15-39(35,36)21-5-3-4-18(14-21)28(30)34/h3-11,13-14,23-27,31-33H,2,12,15H2,1H3,(H2,30,34)/t23-,24-,25+,26-,27+/m1/s1. The van der Waals surface area contributed by atoms with Crippen LogP contribution < -0.4 is 10.5 Å². The SMILES string of the molecule is CCOc1ccc(Cc2cc([C@@H]3O[C@H](CS(=O)(=O)c4cccc(C(N)=O)c4)[C@@H](O)[C@H](O)[C@H]3O)ccc2Cl)cc1. The van der Waals surface area contributed by atoms with Gasteiger partial charge in [0.15, 0.2) is 9.84 Å². The van der Waals surface area contributed by atoms with E-state index >= 15 is 0 Å². The van der Waals surface area contributed by atoms with E-state index in [1.807, 2.05) is 31.2 Å². The van der Waals surface area contributed by atoms with E-state index in [0.717, 1.165) is 22.9 Å². The van der Waals surface area contributed by atoms with Crippen molar-refractivity contribution in [3.05, 3.63) is 94.0 Å². The first-order chi connectivity index (χ1) is 18.5. The summed E-state index contributed by atoms with van der Waals surface area (Å²) < 4.78 is 37.6. The zero-order valence-electron chi connectivity index (χ0n) is 21.1. The molecule has 1 aliphatic rings. The molecule has 11 heteroatoms. The van der Waals surface area contributed by atoms with E-state index in [-0.39, 0.29) is 10.5 Å². The number of aliphatic hydroxyl groups excluding tert-OH is 3. The molecule has 0 saturated carbocycles. The normalized spacial score (nSPS) is 23.4. The molecule has 5 atom stereocenters. The van der Waals surface area contributed by atoms with Gasteiger partial charge in [0.1, 0.15) is 36.3 Å². The lowest BCUT2D eigenvalue weighted by Crippen LogP contribution is -2.56. The smallest absolute Gasteiger partial charge is 0.248 e. The Labute approximate surface area is 231 Å². The Balaban J connectivity index is 1.58. The molecular formula is C28H30ClNO8S. The van der Waals surface area contributed by atoms with Crippen LogP contribution in [0.4, 0.5) is 0 Å². The van der Waals surface area contributed by atoms with E-state index in [9.17, 15) is 28.5 Å². The molecule has 0 bridgehead atoms. The van der Waals surface area contributed by atoms with Crippen LogP contribution in [0.3, 0.4) is 0 Å². The highest BCUT2D eigenvalue weighted by Crippen LogP contribution is 2.35. The third kappa shape index (κ3) is 6.60. The van der Waals surface area contributed by atoms with Gasteiger partial charge in [0, 0.05) is 10.6 Å². The second-order valence-corrected chi connectivity index (χ2v) is 11.8. The Morgan fingerprint density at radius 2 is 1.72 bits per heavy atom. The van der Waals surface area contributed by atoms with Crippen LogP contribution in [-0.2, 0) is 21.0 Å². The number of benzene rings is 3. The number of aliphatic hydroxyl groups is 3. The van der Waals surface area contributed by atoms with Crippen molar-refractivity contribution in [2.24, 2.45) is 5.73 Å². The average molecular weight is 576 g/mol. The average Bonchev–Trinajstić information content (AvgIpc) is 2.91. The number of carbonyl (C=O) groups is 1. The van der Waals surface area contributed by atoms with Crippen molar-refractivity contribution in [2.45, 2.75) is 48.8 Å². The number of nitrogens with two attached hydrogens (primary N) is 1. The summed E-state index contributed by atoms with van der Waals surface area (Å²) in [7, 11) is -4.08. The molecule has 5 N–H and O–H groups in total. The van der Waals surface area contributed by atoms with Crippen LogP contribution in [0.15, 0.2) is 71.6 Å². The van der Waals surface area contributed by atoms with Gasteiger partial charge < -0.3 is 30.5 Å². The number of amides is 1. The third-order valence-corrected chi connectivity index (χ3v) is 8.71. The predicted octanol–water partition coefficient (Wildman–Crippen LogP) is 2.42. The molecule has 1 amide bonds. The van der Waals surface area contributed by atoms with Crippen LogP contribution in [0.5, 0.6) is 5.75 Å². The summed E-state index contributed by atoms with van der Waals surface area (Å²) in [6, 6.07) is 17.7. The van der Waals surface area contributed by atoms with E-state index in [1.54, 1.807) is 18.2 Å². The van der Waals surface area contributed by atoms with Gasteiger partial charge in [0.2, 0.25) is 5.91 Å². The number of carbonyl (C=O) groups excluding carboxylic acids is 1. The van der Waals surface area contributed by atoms with Crippen molar-refractivity contribution < 1.29 is 38.0 Å². The summed E-state index contributed by atoms with van der Waals surface area (Å²) >= 11 is 6.44. The minimum absolute atomic E-state index is 0.00995. The van der Waals surface area contributed by atoms with Crippen LogP contribution >= 0.6 is 11.6 Å².